The summed E-state index contributed by atoms with van der Waals surface area (Å²) in [6.45, 7) is 0. The van der Waals surface area contributed by atoms with Gasteiger partial charge in [0.1, 0.15) is 12.2 Å². The number of aliphatic hydroxyl groups is 2. The molecule has 1 aliphatic rings. The van der Waals surface area contributed by atoms with Crippen LogP contribution in [-0.4, -0.2) is 56.5 Å². The highest BCUT2D eigenvalue weighted by Gasteiger charge is 2.51. The third-order valence-electron chi connectivity index (χ3n) is 6.46. The average molecular weight is 484 g/mol. The number of Topliss-reactive ketones (excluding diaryl/α,β-unsaturated/α-hetero) is 1. The van der Waals surface area contributed by atoms with Gasteiger partial charge in [-0.15, -0.1) is 0 Å². The molecule has 4 N–H and O–H groups in total. The quantitative estimate of drug-likeness (QED) is 0.310. The van der Waals surface area contributed by atoms with Gasteiger partial charge in [-0.2, -0.15) is 5.26 Å². The summed E-state index contributed by atoms with van der Waals surface area (Å²) < 4.78 is 0. The summed E-state index contributed by atoms with van der Waals surface area (Å²) in [5.74, 6) is -2.61. The van der Waals surface area contributed by atoms with Gasteiger partial charge in [-0.25, -0.2) is 0 Å². The van der Waals surface area contributed by atoms with E-state index >= 15 is 0 Å². The Labute approximate surface area is 208 Å². The molecule has 0 bridgehead atoms. The van der Waals surface area contributed by atoms with Crippen molar-refractivity contribution in [3.05, 3.63) is 107 Å². The molecule has 0 fully saturated rings. The first-order chi connectivity index (χ1) is 17.3. The number of carbonyl (C=O) groups is 3. The van der Waals surface area contributed by atoms with E-state index in [0.29, 0.717) is 11.1 Å². The monoisotopic (exact) mass is 483 g/mol. The van der Waals surface area contributed by atoms with E-state index in [9.17, 15) is 29.9 Å². The molecule has 0 aromatic heterocycles. The molecule has 4 unspecified atom stereocenters. The maximum absolute atomic E-state index is 13.5. The fraction of sp³-hybridized carbons (Fsp3) is 0.214. The lowest BCUT2D eigenvalue weighted by molar-refractivity contribution is -0.145. The van der Waals surface area contributed by atoms with E-state index in [-0.39, 0.29) is 24.0 Å². The van der Waals surface area contributed by atoms with Crippen molar-refractivity contribution in [1.82, 2.24) is 4.90 Å². The Bertz CT molecular complexity index is 1290. The fourth-order valence-corrected chi connectivity index (χ4v) is 4.45. The smallest absolute Gasteiger partial charge is 0.261 e. The molecule has 36 heavy (non-hydrogen) atoms. The maximum Gasteiger partial charge on any atom is 0.261 e. The molecular weight excluding hydrogens is 458 g/mol. The summed E-state index contributed by atoms with van der Waals surface area (Å²) in [7, 11) is 0. The molecule has 8 nitrogen and oxygen atoms in total. The predicted octanol–water partition coefficient (Wildman–Crippen LogP) is 1.65. The molecule has 0 spiro atoms. The van der Waals surface area contributed by atoms with Crippen LogP contribution in [0.2, 0.25) is 0 Å². The Balaban J connectivity index is 1.68. The molecule has 1 heterocycles. The maximum atomic E-state index is 13.5. The number of imide groups is 1. The van der Waals surface area contributed by atoms with E-state index in [0.717, 1.165) is 4.90 Å². The molecule has 0 radical (unpaired) electrons. The first-order valence-electron chi connectivity index (χ1n) is 11.4. The van der Waals surface area contributed by atoms with Gasteiger partial charge in [-0.05, 0) is 36.1 Å². The number of hydrogen-bond acceptors (Lipinski definition) is 7. The lowest BCUT2D eigenvalue weighted by atomic mass is 9.82. The normalized spacial score (nSPS) is 17.0. The van der Waals surface area contributed by atoms with Crippen LogP contribution in [-0.2, 0) is 17.6 Å². The Morgan fingerprint density at radius 1 is 0.861 bits per heavy atom. The number of nitrogens with two attached hydrogens (primary N) is 1. The van der Waals surface area contributed by atoms with Crippen molar-refractivity contribution >= 4 is 17.6 Å². The van der Waals surface area contributed by atoms with Gasteiger partial charge in [-0.3, -0.25) is 19.3 Å². The second-order valence-corrected chi connectivity index (χ2v) is 8.77. The van der Waals surface area contributed by atoms with E-state index in [4.69, 9.17) is 5.73 Å². The largest absolute Gasteiger partial charge is 0.383 e. The van der Waals surface area contributed by atoms with Crippen molar-refractivity contribution in [3.63, 3.8) is 0 Å². The number of amides is 2. The molecule has 0 aliphatic carbocycles. The number of aliphatic hydroxyl groups excluding tert-OH is 1. The minimum Gasteiger partial charge on any atom is -0.383 e. The second kappa shape index (κ2) is 10.2. The average Bonchev–Trinajstić information content (AvgIpc) is 3.16. The molecule has 4 rings (SSSR count). The van der Waals surface area contributed by atoms with E-state index < -0.39 is 41.4 Å². The molecule has 8 heteroatoms. The van der Waals surface area contributed by atoms with E-state index in [1.54, 1.807) is 78.9 Å². The van der Waals surface area contributed by atoms with E-state index in [2.05, 4.69) is 0 Å². The van der Waals surface area contributed by atoms with Gasteiger partial charge in [0.25, 0.3) is 11.8 Å². The number of fused-ring (bicyclic) bond motifs is 1. The molecule has 2 amide bonds. The number of nitriles is 1. The SMILES string of the molecule is N#CC(O)(C(=O)C(O)C(Cc1ccccc1)N1C(=O)c2ccccc2C1=O)C(N)Cc1ccccc1. The van der Waals surface area contributed by atoms with Crippen molar-refractivity contribution in [3.8, 4) is 6.07 Å². The van der Waals surface area contributed by atoms with Crippen LogP contribution < -0.4 is 5.73 Å². The van der Waals surface area contributed by atoms with Gasteiger partial charge in [0.15, 0.2) is 0 Å². The third kappa shape index (κ3) is 4.55. The number of ketones is 1. The summed E-state index contributed by atoms with van der Waals surface area (Å²) in [4.78, 5) is 40.7. The van der Waals surface area contributed by atoms with Crippen LogP contribution in [0, 0.1) is 11.3 Å². The van der Waals surface area contributed by atoms with E-state index in [1.807, 2.05) is 0 Å². The number of nitrogens with zero attached hydrogens (tertiary/aromatic N) is 2. The standard InChI is InChI=1S/C28H25N3O5/c29-17-28(36,23(30)16-19-11-5-2-6-12-19)25(33)24(32)22(15-18-9-3-1-4-10-18)31-26(34)20-13-7-8-14-21(20)27(31)35/h1-14,22-24,32,36H,15-16,30H2. The van der Waals surface area contributed by atoms with Crippen molar-refractivity contribution < 1.29 is 24.6 Å². The van der Waals surface area contributed by atoms with Crippen molar-refractivity contribution in [2.75, 3.05) is 0 Å². The zero-order valence-corrected chi connectivity index (χ0v) is 19.3. The van der Waals surface area contributed by atoms with Crippen LogP contribution in [0.4, 0.5) is 0 Å². The Morgan fingerprint density at radius 3 is 1.78 bits per heavy atom. The highest BCUT2D eigenvalue weighted by Crippen LogP contribution is 2.29. The highest BCUT2D eigenvalue weighted by atomic mass is 16.3. The van der Waals surface area contributed by atoms with Crippen LogP contribution in [0.1, 0.15) is 31.8 Å². The van der Waals surface area contributed by atoms with Gasteiger partial charge in [0.05, 0.1) is 23.2 Å². The predicted molar refractivity (Wildman–Crippen MR) is 131 cm³/mol. The number of benzene rings is 3. The minimum atomic E-state index is -2.76. The highest BCUT2D eigenvalue weighted by molar-refractivity contribution is 6.21. The van der Waals surface area contributed by atoms with Gasteiger partial charge in [0, 0.05) is 0 Å². The van der Waals surface area contributed by atoms with Crippen LogP contribution in [0.15, 0.2) is 84.9 Å². The number of carbonyl (C=O) groups excluding carboxylic acids is 3. The lowest BCUT2D eigenvalue weighted by Gasteiger charge is -2.34. The van der Waals surface area contributed by atoms with Gasteiger partial charge in [-0.1, -0.05) is 72.8 Å². The van der Waals surface area contributed by atoms with Crippen molar-refractivity contribution in [1.29, 1.82) is 5.26 Å². The molecule has 182 valence electrons. The Kier molecular flexibility index (Phi) is 7.08. The van der Waals surface area contributed by atoms with Crippen LogP contribution in [0.5, 0.6) is 0 Å². The molecule has 0 saturated heterocycles. The summed E-state index contributed by atoms with van der Waals surface area (Å²) in [6.07, 6.45) is -2.16. The van der Waals surface area contributed by atoms with Gasteiger partial charge >= 0.3 is 0 Å². The fourth-order valence-electron chi connectivity index (χ4n) is 4.45. The Morgan fingerprint density at radius 2 is 1.31 bits per heavy atom. The third-order valence-corrected chi connectivity index (χ3v) is 6.46. The van der Waals surface area contributed by atoms with Gasteiger partial charge < -0.3 is 15.9 Å². The summed E-state index contributed by atoms with van der Waals surface area (Å²) >= 11 is 0. The molecule has 4 atom stereocenters. The second-order valence-electron chi connectivity index (χ2n) is 8.77. The van der Waals surface area contributed by atoms with Gasteiger partial charge in [0.2, 0.25) is 11.4 Å². The molecular formula is C28H25N3O5. The zero-order chi connectivity index (χ0) is 25.9. The number of hydrogen-bond donors (Lipinski definition) is 3. The van der Waals surface area contributed by atoms with Crippen LogP contribution >= 0.6 is 0 Å². The summed E-state index contributed by atoms with van der Waals surface area (Å²) in [6, 6.07) is 22.5. The van der Waals surface area contributed by atoms with Crippen molar-refractivity contribution in [2.45, 2.75) is 36.6 Å². The molecule has 1 aliphatic heterocycles. The lowest BCUT2D eigenvalue weighted by Crippen LogP contribution is -2.62. The molecule has 3 aromatic rings. The van der Waals surface area contributed by atoms with Crippen molar-refractivity contribution in [2.24, 2.45) is 5.73 Å². The Hall–Kier alpha value is -4.16. The zero-order valence-electron chi connectivity index (χ0n) is 19.3. The number of rotatable bonds is 9. The first kappa shape index (κ1) is 24.9. The topological polar surface area (TPSA) is 145 Å². The van der Waals surface area contributed by atoms with E-state index in [1.165, 1.54) is 12.1 Å². The summed E-state index contributed by atoms with van der Waals surface area (Å²) in [5.41, 5.74) is 4.97. The molecule has 0 saturated carbocycles. The minimum absolute atomic E-state index is 0.0142. The van der Waals surface area contributed by atoms with Crippen LogP contribution in [0.25, 0.3) is 0 Å². The first-order valence-corrected chi connectivity index (χ1v) is 11.4. The van der Waals surface area contributed by atoms with Crippen LogP contribution in [0.3, 0.4) is 0 Å². The molecule has 3 aromatic carbocycles. The summed E-state index contributed by atoms with van der Waals surface area (Å²) in [5, 5.41) is 32.1.